The van der Waals surface area contributed by atoms with E-state index in [0.717, 1.165) is 18.8 Å². The highest BCUT2D eigenvalue weighted by Gasteiger charge is 2.13. The number of hydrogen-bond donors (Lipinski definition) is 1. The molecule has 0 radical (unpaired) electrons. The van der Waals surface area contributed by atoms with Crippen molar-refractivity contribution in [1.29, 1.82) is 5.26 Å². The molecule has 1 N–H and O–H groups in total. The molecule has 0 aromatic heterocycles. The van der Waals surface area contributed by atoms with Crippen LogP contribution in [-0.4, -0.2) is 13.6 Å². The zero-order chi connectivity index (χ0) is 19.8. The maximum Gasteiger partial charge on any atom is 0.0640 e. The Morgan fingerprint density at radius 1 is 0.893 bits per heavy atom. The molecule has 28 heavy (non-hydrogen) atoms. The van der Waals surface area contributed by atoms with Crippen molar-refractivity contribution in [2.75, 3.05) is 18.5 Å². The summed E-state index contributed by atoms with van der Waals surface area (Å²) in [6.45, 7) is 3.65. The molecule has 3 heteroatoms. The van der Waals surface area contributed by atoms with E-state index in [1.807, 2.05) is 7.05 Å². The standard InChI is InChI=1S/C25H27N3/c1-20-9-13-23(14-10-20)25(22-7-4-3-5-8-22)27-19-21-11-15-24(16-12-21)28(2)18-6-17-26/h3-5,7-16,25,27H,6,18-19H2,1-2H3/t25-/m1/s1. The molecule has 0 aliphatic rings. The van der Waals surface area contributed by atoms with Gasteiger partial charge in [0.1, 0.15) is 0 Å². The predicted molar refractivity (Wildman–Crippen MR) is 116 cm³/mol. The van der Waals surface area contributed by atoms with E-state index in [9.17, 15) is 0 Å². The molecule has 0 unspecified atom stereocenters. The van der Waals surface area contributed by atoms with Crippen LogP contribution in [0.3, 0.4) is 0 Å². The third kappa shape index (κ3) is 5.22. The second-order valence-electron chi connectivity index (χ2n) is 7.13. The second-order valence-corrected chi connectivity index (χ2v) is 7.13. The molecule has 0 fully saturated rings. The first kappa shape index (κ1) is 19.7. The summed E-state index contributed by atoms with van der Waals surface area (Å²) in [4.78, 5) is 2.11. The van der Waals surface area contributed by atoms with E-state index >= 15 is 0 Å². The van der Waals surface area contributed by atoms with Gasteiger partial charge in [-0.1, -0.05) is 72.3 Å². The molecule has 1 atom stereocenters. The lowest BCUT2D eigenvalue weighted by molar-refractivity contribution is 0.605. The van der Waals surface area contributed by atoms with E-state index < -0.39 is 0 Å². The lowest BCUT2D eigenvalue weighted by atomic mass is 9.97. The van der Waals surface area contributed by atoms with E-state index in [1.165, 1.54) is 22.3 Å². The molecule has 142 valence electrons. The summed E-state index contributed by atoms with van der Waals surface area (Å²) in [6, 6.07) is 30.2. The van der Waals surface area contributed by atoms with Gasteiger partial charge in [0.05, 0.1) is 18.5 Å². The maximum absolute atomic E-state index is 8.75. The van der Waals surface area contributed by atoms with Crippen LogP contribution in [0.25, 0.3) is 0 Å². The van der Waals surface area contributed by atoms with Crippen LogP contribution in [0.15, 0.2) is 78.9 Å². The van der Waals surface area contributed by atoms with Gasteiger partial charge in [0.2, 0.25) is 0 Å². The summed E-state index contributed by atoms with van der Waals surface area (Å²) in [5, 5.41) is 12.5. The number of nitriles is 1. The molecule has 0 heterocycles. The first-order valence-electron chi connectivity index (χ1n) is 9.69. The van der Waals surface area contributed by atoms with E-state index in [1.54, 1.807) is 0 Å². The van der Waals surface area contributed by atoms with Gasteiger partial charge in [0, 0.05) is 25.8 Å². The van der Waals surface area contributed by atoms with Gasteiger partial charge >= 0.3 is 0 Å². The van der Waals surface area contributed by atoms with Gasteiger partial charge in [-0.05, 0) is 35.7 Å². The van der Waals surface area contributed by atoms with Crippen LogP contribution in [0.5, 0.6) is 0 Å². The summed E-state index contributed by atoms with van der Waals surface area (Å²) in [7, 11) is 2.02. The molecule has 0 aliphatic carbocycles. The minimum Gasteiger partial charge on any atom is -0.374 e. The SMILES string of the molecule is Cc1ccc([C@H](NCc2ccc(N(C)CCC#N)cc2)c2ccccc2)cc1. The first-order chi connectivity index (χ1) is 13.7. The van der Waals surface area contributed by atoms with Crippen LogP contribution < -0.4 is 10.2 Å². The van der Waals surface area contributed by atoms with E-state index in [-0.39, 0.29) is 6.04 Å². The van der Waals surface area contributed by atoms with Crippen molar-refractivity contribution in [1.82, 2.24) is 5.32 Å². The summed E-state index contributed by atoms with van der Waals surface area (Å²) >= 11 is 0. The molecule has 0 spiro atoms. The molecule has 0 amide bonds. The van der Waals surface area contributed by atoms with Gasteiger partial charge < -0.3 is 10.2 Å². The third-order valence-electron chi connectivity index (χ3n) is 4.99. The highest BCUT2D eigenvalue weighted by atomic mass is 15.1. The van der Waals surface area contributed by atoms with E-state index in [2.05, 4.69) is 102 Å². The predicted octanol–water partition coefficient (Wildman–Crippen LogP) is 5.22. The molecule has 0 saturated carbocycles. The number of anilines is 1. The quantitative estimate of drug-likeness (QED) is 0.591. The summed E-state index contributed by atoms with van der Waals surface area (Å²) in [5.41, 5.74) is 6.18. The number of benzene rings is 3. The Morgan fingerprint density at radius 3 is 2.18 bits per heavy atom. The molecule has 0 aliphatic heterocycles. The highest BCUT2D eigenvalue weighted by molar-refractivity contribution is 5.47. The molecule has 3 aromatic carbocycles. The average molecular weight is 370 g/mol. The second kappa shape index (κ2) is 9.73. The molecule has 0 bridgehead atoms. The van der Waals surface area contributed by atoms with Crippen molar-refractivity contribution in [2.45, 2.75) is 25.9 Å². The lowest BCUT2D eigenvalue weighted by Gasteiger charge is -2.21. The zero-order valence-corrected chi connectivity index (χ0v) is 16.6. The van der Waals surface area contributed by atoms with Crippen LogP contribution in [0.2, 0.25) is 0 Å². The fraction of sp³-hybridized carbons (Fsp3) is 0.240. The number of rotatable bonds is 8. The monoisotopic (exact) mass is 369 g/mol. The van der Waals surface area contributed by atoms with Crippen molar-refractivity contribution in [3.63, 3.8) is 0 Å². The minimum atomic E-state index is 0.153. The fourth-order valence-electron chi connectivity index (χ4n) is 3.27. The Bertz CT molecular complexity index is 893. The van der Waals surface area contributed by atoms with Crippen LogP contribution in [-0.2, 0) is 6.54 Å². The van der Waals surface area contributed by atoms with Crippen molar-refractivity contribution in [3.8, 4) is 6.07 Å². The normalized spacial score (nSPS) is 11.6. The van der Waals surface area contributed by atoms with Gasteiger partial charge in [-0.15, -0.1) is 0 Å². The minimum absolute atomic E-state index is 0.153. The van der Waals surface area contributed by atoms with Crippen LogP contribution >= 0.6 is 0 Å². The van der Waals surface area contributed by atoms with Gasteiger partial charge in [-0.3, -0.25) is 0 Å². The van der Waals surface area contributed by atoms with Gasteiger partial charge in [0.25, 0.3) is 0 Å². The summed E-state index contributed by atoms with van der Waals surface area (Å²) in [6.07, 6.45) is 0.537. The van der Waals surface area contributed by atoms with E-state index in [0.29, 0.717) is 6.42 Å². The first-order valence-corrected chi connectivity index (χ1v) is 9.69. The zero-order valence-electron chi connectivity index (χ0n) is 16.6. The van der Waals surface area contributed by atoms with E-state index in [4.69, 9.17) is 5.26 Å². The Hall–Kier alpha value is -3.09. The van der Waals surface area contributed by atoms with Gasteiger partial charge in [-0.2, -0.15) is 5.26 Å². The molecule has 3 aromatic rings. The van der Waals surface area contributed by atoms with Crippen molar-refractivity contribution < 1.29 is 0 Å². The number of nitrogens with zero attached hydrogens (tertiary/aromatic N) is 2. The average Bonchev–Trinajstić information content (AvgIpc) is 2.74. The summed E-state index contributed by atoms with van der Waals surface area (Å²) < 4.78 is 0. The molecular weight excluding hydrogens is 342 g/mol. The summed E-state index contributed by atoms with van der Waals surface area (Å²) in [5.74, 6) is 0. The molecule has 0 saturated heterocycles. The van der Waals surface area contributed by atoms with Crippen LogP contribution in [0.4, 0.5) is 5.69 Å². The Labute approximate surface area is 168 Å². The van der Waals surface area contributed by atoms with Crippen molar-refractivity contribution >= 4 is 5.69 Å². The van der Waals surface area contributed by atoms with Gasteiger partial charge in [0.15, 0.2) is 0 Å². The third-order valence-corrected chi connectivity index (χ3v) is 4.99. The fourth-order valence-corrected chi connectivity index (χ4v) is 3.27. The topological polar surface area (TPSA) is 39.1 Å². The number of hydrogen-bond acceptors (Lipinski definition) is 3. The largest absolute Gasteiger partial charge is 0.374 e. The van der Waals surface area contributed by atoms with Crippen molar-refractivity contribution in [2.24, 2.45) is 0 Å². The van der Waals surface area contributed by atoms with Crippen LogP contribution in [0.1, 0.15) is 34.7 Å². The van der Waals surface area contributed by atoms with Crippen molar-refractivity contribution in [3.05, 3.63) is 101 Å². The highest BCUT2D eigenvalue weighted by Crippen LogP contribution is 2.23. The molecular formula is C25H27N3. The Balaban J connectivity index is 1.72. The number of nitrogens with one attached hydrogen (secondary N) is 1. The molecule has 3 rings (SSSR count). The maximum atomic E-state index is 8.75. The smallest absolute Gasteiger partial charge is 0.0640 e. The Morgan fingerprint density at radius 2 is 1.54 bits per heavy atom. The lowest BCUT2D eigenvalue weighted by Crippen LogP contribution is -2.22. The van der Waals surface area contributed by atoms with Crippen LogP contribution in [0, 0.1) is 18.3 Å². The number of aryl methyl sites for hydroxylation is 1. The van der Waals surface area contributed by atoms with Gasteiger partial charge in [-0.25, -0.2) is 0 Å². The molecule has 3 nitrogen and oxygen atoms in total. The Kier molecular flexibility index (Phi) is 6.84.